The van der Waals surface area contributed by atoms with Crippen molar-refractivity contribution in [2.45, 2.75) is 32.3 Å². The van der Waals surface area contributed by atoms with Gasteiger partial charge >= 0.3 is 0 Å². The Morgan fingerprint density at radius 2 is 1.72 bits per heavy atom. The molecule has 4 heteroatoms. The second kappa shape index (κ2) is 8.45. The molecule has 1 aliphatic heterocycles. The molecule has 2 aromatic rings. The maximum atomic E-state index is 9.60. The lowest BCUT2D eigenvalue weighted by Crippen LogP contribution is -2.25. The van der Waals surface area contributed by atoms with E-state index in [9.17, 15) is 10.2 Å². The van der Waals surface area contributed by atoms with Crippen LogP contribution in [-0.2, 0) is 6.42 Å². The van der Waals surface area contributed by atoms with Gasteiger partial charge in [0.05, 0.1) is 12.3 Å². The van der Waals surface area contributed by atoms with Crippen LogP contribution in [0.4, 0.5) is 0 Å². The molecule has 25 heavy (non-hydrogen) atoms. The molecule has 1 unspecified atom stereocenters. The normalized spacial score (nSPS) is 25.3. The molecule has 1 aromatic carbocycles. The molecule has 4 nitrogen and oxygen atoms in total. The number of rotatable bonds is 3. The predicted octanol–water partition coefficient (Wildman–Crippen LogP) is 3.03. The van der Waals surface area contributed by atoms with E-state index >= 15 is 0 Å². The Morgan fingerprint density at radius 3 is 2.24 bits per heavy atom. The zero-order valence-corrected chi connectivity index (χ0v) is 14.9. The van der Waals surface area contributed by atoms with Crippen molar-refractivity contribution in [1.29, 1.82) is 0 Å². The first kappa shape index (κ1) is 17.9. The van der Waals surface area contributed by atoms with Crippen molar-refractivity contribution in [2.75, 3.05) is 19.6 Å². The zero-order valence-electron chi connectivity index (χ0n) is 14.9. The minimum atomic E-state index is -0.0547. The van der Waals surface area contributed by atoms with E-state index in [-0.39, 0.29) is 11.9 Å². The summed E-state index contributed by atoms with van der Waals surface area (Å²) in [5, 5.41) is 18.8. The van der Waals surface area contributed by atoms with Crippen molar-refractivity contribution in [3.8, 4) is 5.75 Å². The number of aromatic hydroxyl groups is 1. The first-order chi connectivity index (χ1) is 12.1. The number of pyridine rings is 1. The van der Waals surface area contributed by atoms with Crippen molar-refractivity contribution in [2.24, 2.45) is 11.8 Å². The molecule has 0 radical (unpaired) electrons. The lowest BCUT2D eigenvalue weighted by molar-refractivity contribution is 0.162. The summed E-state index contributed by atoms with van der Waals surface area (Å²) in [4.78, 5) is 6.69. The minimum absolute atomic E-state index is 0.0547. The average Bonchev–Trinajstić information content (AvgIpc) is 3.12. The van der Waals surface area contributed by atoms with Crippen LogP contribution >= 0.6 is 0 Å². The van der Waals surface area contributed by atoms with Crippen LogP contribution in [0.25, 0.3) is 0 Å². The molecule has 4 rings (SSSR count). The van der Waals surface area contributed by atoms with Crippen LogP contribution in [0.2, 0.25) is 0 Å². The van der Waals surface area contributed by atoms with Gasteiger partial charge in [0, 0.05) is 31.7 Å². The lowest BCUT2D eigenvalue weighted by atomic mass is 10.0. The second-order valence-electron chi connectivity index (χ2n) is 7.32. The Hall–Kier alpha value is -1.91. The van der Waals surface area contributed by atoms with Gasteiger partial charge < -0.3 is 15.1 Å². The van der Waals surface area contributed by atoms with Gasteiger partial charge in [-0.05, 0) is 43.7 Å². The monoisotopic (exact) mass is 340 g/mol. The topological polar surface area (TPSA) is 56.6 Å². The molecule has 1 saturated carbocycles. The highest BCUT2D eigenvalue weighted by Gasteiger charge is 2.39. The maximum absolute atomic E-state index is 9.60. The van der Waals surface area contributed by atoms with Gasteiger partial charge in [0.15, 0.2) is 0 Å². The third-order valence-electron chi connectivity index (χ3n) is 5.24. The van der Waals surface area contributed by atoms with Crippen LogP contribution in [0.15, 0.2) is 48.7 Å². The van der Waals surface area contributed by atoms with Gasteiger partial charge in [0.2, 0.25) is 0 Å². The molecular weight excluding hydrogens is 312 g/mol. The molecule has 0 spiro atoms. The van der Waals surface area contributed by atoms with E-state index in [0.717, 1.165) is 44.6 Å². The smallest absolute Gasteiger partial charge is 0.133 e. The van der Waals surface area contributed by atoms with Crippen molar-refractivity contribution in [3.63, 3.8) is 0 Å². The third kappa shape index (κ3) is 5.28. The number of hydrogen-bond acceptors (Lipinski definition) is 4. The fraction of sp³-hybridized carbons (Fsp3) is 0.476. The van der Waals surface area contributed by atoms with Crippen molar-refractivity contribution in [3.05, 3.63) is 59.9 Å². The summed E-state index contributed by atoms with van der Waals surface area (Å²) in [5.74, 6) is 1.63. The summed E-state index contributed by atoms with van der Waals surface area (Å²) in [6.07, 6.45) is 4.35. The maximum Gasteiger partial charge on any atom is 0.133 e. The first-order valence-corrected chi connectivity index (χ1v) is 9.16. The Labute approximate surface area is 150 Å². The van der Waals surface area contributed by atoms with Crippen LogP contribution in [0.1, 0.15) is 24.1 Å². The standard InChI is InChI=1S/C14H20N2O2.C7H8/c17-13-2-1-12(15-7-13)3-4-16-8-10-5-14(18)6-11(10)9-16;1-7-5-3-2-4-6-7/h1-2,7,10-11,14,17-18H,3-6,8-9H2;2-6H,1H3/t10-,11+,14?;. The third-order valence-corrected chi connectivity index (χ3v) is 5.24. The summed E-state index contributed by atoms with van der Waals surface area (Å²) < 4.78 is 0. The van der Waals surface area contributed by atoms with Crippen LogP contribution in [0, 0.1) is 18.8 Å². The Morgan fingerprint density at radius 1 is 1.04 bits per heavy atom. The highest BCUT2D eigenvalue weighted by atomic mass is 16.3. The molecule has 1 aliphatic carbocycles. The summed E-state index contributed by atoms with van der Waals surface area (Å²) in [6.45, 7) is 5.36. The molecule has 1 saturated heterocycles. The van der Waals surface area contributed by atoms with Gasteiger partial charge in [0.1, 0.15) is 5.75 Å². The minimum Gasteiger partial charge on any atom is -0.506 e. The number of nitrogens with zero attached hydrogens (tertiary/aromatic N) is 2. The number of aryl methyl sites for hydroxylation is 1. The van der Waals surface area contributed by atoms with Crippen LogP contribution < -0.4 is 0 Å². The summed E-state index contributed by atoms with van der Waals surface area (Å²) >= 11 is 0. The van der Waals surface area contributed by atoms with Gasteiger partial charge in [-0.3, -0.25) is 4.98 Å². The van der Waals surface area contributed by atoms with E-state index in [4.69, 9.17) is 0 Å². The van der Waals surface area contributed by atoms with E-state index < -0.39 is 0 Å². The van der Waals surface area contributed by atoms with Crippen molar-refractivity contribution < 1.29 is 10.2 Å². The fourth-order valence-corrected chi connectivity index (χ4v) is 3.92. The molecule has 1 aromatic heterocycles. The van der Waals surface area contributed by atoms with Crippen LogP contribution in [-0.4, -0.2) is 45.8 Å². The molecule has 2 N–H and O–H groups in total. The largest absolute Gasteiger partial charge is 0.506 e. The molecule has 0 amide bonds. The van der Waals surface area contributed by atoms with Crippen LogP contribution in [0.3, 0.4) is 0 Å². The molecule has 2 fully saturated rings. The highest BCUT2D eigenvalue weighted by Crippen LogP contribution is 2.37. The van der Waals surface area contributed by atoms with E-state index in [1.165, 1.54) is 11.8 Å². The van der Waals surface area contributed by atoms with Crippen molar-refractivity contribution >= 4 is 0 Å². The molecule has 2 aliphatic rings. The van der Waals surface area contributed by atoms with Gasteiger partial charge in [-0.25, -0.2) is 0 Å². The van der Waals surface area contributed by atoms with E-state index in [1.807, 2.05) is 24.3 Å². The fourth-order valence-electron chi connectivity index (χ4n) is 3.92. The van der Waals surface area contributed by atoms with E-state index in [1.54, 1.807) is 6.07 Å². The average molecular weight is 340 g/mol. The summed E-state index contributed by atoms with van der Waals surface area (Å²) in [7, 11) is 0. The summed E-state index contributed by atoms with van der Waals surface area (Å²) in [6, 6.07) is 13.8. The zero-order chi connectivity index (χ0) is 17.6. The lowest BCUT2D eigenvalue weighted by Gasteiger charge is -2.17. The van der Waals surface area contributed by atoms with Gasteiger partial charge in [-0.2, -0.15) is 0 Å². The van der Waals surface area contributed by atoms with E-state index in [0.29, 0.717) is 11.8 Å². The van der Waals surface area contributed by atoms with Gasteiger partial charge in [-0.15, -0.1) is 0 Å². The van der Waals surface area contributed by atoms with Gasteiger partial charge in [-0.1, -0.05) is 35.9 Å². The van der Waals surface area contributed by atoms with E-state index in [2.05, 4.69) is 28.9 Å². The summed E-state index contributed by atoms with van der Waals surface area (Å²) in [5.41, 5.74) is 2.35. The number of benzene rings is 1. The number of aromatic nitrogens is 1. The Bertz CT molecular complexity index is 631. The van der Waals surface area contributed by atoms with Gasteiger partial charge in [0.25, 0.3) is 0 Å². The predicted molar refractivity (Wildman–Crippen MR) is 99.4 cm³/mol. The molecule has 0 bridgehead atoms. The number of likely N-dealkylation sites (tertiary alicyclic amines) is 1. The molecular formula is C21H28N2O2. The first-order valence-electron chi connectivity index (χ1n) is 9.16. The molecule has 3 atom stereocenters. The number of hydrogen-bond donors (Lipinski definition) is 2. The Kier molecular flexibility index (Phi) is 6.05. The molecule has 2 heterocycles. The quantitative estimate of drug-likeness (QED) is 0.902. The molecule has 134 valence electrons. The number of fused-ring (bicyclic) bond motifs is 1. The number of aliphatic hydroxyl groups excluding tert-OH is 1. The SMILES string of the molecule is Cc1ccccc1.Oc1ccc(CCN2C[C@H]3CC(O)C[C@H]3C2)nc1. The second-order valence-corrected chi connectivity index (χ2v) is 7.32. The Balaban J connectivity index is 0.000000219. The highest BCUT2D eigenvalue weighted by molar-refractivity contribution is 5.18. The number of aliphatic hydroxyl groups is 1. The van der Waals surface area contributed by atoms with Crippen molar-refractivity contribution in [1.82, 2.24) is 9.88 Å². The van der Waals surface area contributed by atoms with Crippen LogP contribution in [0.5, 0.6) is 5.75 Å².